The van der Waals surface area contributed by atoms with Crippen LogP contribution in [-0.4, -0.2) is 11.2 Å². The molecule has 1 heterocycles. The van der Waals surface area contributed by atoms with E-state index in [0.717, 1.165) is 23.4 Å². The van der Waals surface area contributed by atoms with Gasteiger partial charge in [0.15, 0.2) is 0 Å². The Hall–Kier alpha value is -1.52. The molecule has 0 aliphatic heterocycles. The van der Waals surface area contributed by atoms with E-state index in [1.807, 2.05) is 30.6 Å². The van der Waals surface area contributed by atoms with Crippen LogP contribution in [-0.2, 0) is 12.1 Å². The van der Waals surface area contributed by atoms with Crippen molar-refractivity contribution in [3.05, 3.63) is 82.1 Å². The van der Waals surface area contributed by atoms with Crippen molar-refractivity contribution in [2.45, 2.75) is 29.8 Å². The Labute approximate surface area is 174 Å². The summed E-state index contributed by atoms with van der Waals surface area (Å²) in [7, 11) is 0. The summed E-state index contributed by atoms with van der Waals surface area (Å²) in [6.45, 7) is 0.678. The number of nitrogens with zero attached hydrogens (tertiary/aromatic N) is 1. The summed E-state index contributed by atoms with van der Waals surface area (Å²) >= 11 is 14.3. The van der Waals surface area contributed by atoms with Crippen LogP contribution in [0.2, 0.25) is 10.0 Å². The highest BCUT2D eigenvalue weighted by molar-refractivity contribution is 7.98. The summed E-state index contributed by atoms with van der Waals surface area (Å²) in [5, 5.41) is 5.17. The van der Waals surface area contributed by atoms with Gasteiger partial charge < -0.3 is 5.32 Å². The fraction of sp³-hybridized carbons (Fsp3) is 0.227. The molecule has 1 aliphatic rings. The maximum Gasteiger partial charge on any atom is 0.0460 e. The Kier molecular flexibility index (Phi) is 5.47. The predicted molar refractivity (Wildman–Crippen MR) is 116 cm³/mol. The maximum absolute atomic E-state index is 6.34. The van der Waals surface area contributed by atoms with Crippen LogP contribution in [0, 0.1) is 0 Å². The van der Waals surface area contributed by atoms with Crippen LogP contribution in [0.1, 0.15) is 24.0 Å². The molecule has 4 rings (SSSR count). The fourth-order valence-corrected chi connectivity index (χ4v) is 4.48. The van der Waals surface area contributed by atoms with Crippen molar-refractivity contribution in [3.63, 3.8) is 0 Å². The first kappa shape index (κ1) is 18.8. The quantitative estimate of drug-likeness (QED) is 0.462. The van der Waals surface area contributed by atoms with Crippen molar-refractivity contribution in [1.82, 2.24) is 10.3 Å². The molecule has 138 valence electrons. The molecule has 0 radical (unpaired) electrons. The third-order valence-corrected chi connectivity index (χ3v) is 6.51. The van der Waals surface area contributed by atoms with Crippen LogP contribution >= 0.6 is 35.0 Å². The third-order valence-electron chi connectivity index (χ3n) is 5.11. The molecule has 0 spiro atoms. The van der Waals surface area contributed by atoms with E-state index in [4.69, 9.17) is 23.2 Å². The van der Waals surface area contributed by atoms with E-state index in [1.165, 1.54) is 21.6 Å². The lowest BCUT2D eigenvalue weighted by molar-refractivity contribution is 0.518. The number of benzene rings is 2. The van der Waals surface area contributed by atoms with Gasteiger partial charge >= 0.3 is 0 Å². The minimum atomic E-state index is -0.0548. The van der Waals surface area contributed by atoms with Gasteiger partial charge in [0.1, 0.15) is 0 Å². The van der Waals surface area contributed by atoms with Gasteiger partial charge in [-0.1, -0.05) is 41.4 Å². The highest BCUT2D eigenvalue weighted by Gasteiger charge is 2.45. The van der Waals surface area contributed by atoms with Gasteiger partial charge in [0.25, 0.3) is 0 Å². The number of pyridine rings is 1. The average Bonchev–Trinajstić information content (AvgIpc) is 3.50. The molecule has 1 saturated carbocycles. The molecule has 0 bridgehead atoms. The number of hydrogen-bond donors (Lipinski definition) is 1. The second kappa shape index (κ2) is 7.84. The summed E-state index contributed by atoms with van der Waals surface area (Å²) in [6, 6.07) is 16.3. The van der Waals surface area contributed by atoms with Crippen molar-refractivity contribution in [2.24, 2.45) is 0 Å². The Bertz CT molecular complexity index is 970. The van der Waals surface area contributed by atoms with Crippen LogP contribution < -0.4 is 5.32 Å². The molecule has 1 aliphatic carbocycles. The highest BCUT2D eigenvalue weighted by atomic mass is 35.5. The Morgan fingerprint density at radius 2 is 1.89 bits per heavy atom. The second-order valence-corrected chi connectivity index (χ2v) is 8.48. The molecule has 0 amide bonds. The number of thioether (sulfide) groups is 1. The fourth-order valence-electron chi connectivity index (χ4n) is 3.49. The lowest BCUT2D eigenvalue weighted by Gasteiger charge is -2.22. The third kappa shape index (κ3) is 3.88. The predicted octanol–water partition coefficient (Wildman–Crippen LogP) is 6.56. The zero-order valence-electron chi connectivity index (χ0n) is 15.0. The lowest BCUT2D eigenvalue weighted by atomic mass is 9.95. The van der Waals surface area contributed by atoms with Crippen LogP contribution in [0.25, 0.3) is 11.1 Å². The van der Waals surface area contributed by atoms with E-state index in [-0.39, 0.29) is 5.54 Å². The molecule has 1 N–H and O–H groups in total. The highest BCUT2D eigenvalue weighted by Crippen LogP contribution is 2.49. The molecule has 2 nitrogen and oxygen atoms in total. The number of aromatic nitrogens is 1. The van der Waals surface area contributed by atoms with Gasteiger partial charge in [0.2, 0.25) is 0 Å². The van der Waals surface area contributed by atoms with Crippen molar-refractivity contribution >= 4 is 35.0 Å². The largest absolute Gasteiger partial charge is 0.303 e. The van der Waals surface area contributed by atoms with Gasteiger partial charge in [-0.15, -0.1) is 11.8 Å². The molecule has 0 atom stereocenters. The van der Waals surface area contributed by atoms with Crippen molar-refractivity contribution in [1.29, 1.82) is 0 Å². The lowest BCUT2D eigenvalue weighted by Crippen LogP contribution is -2.29. The first-order valence-corrected chi connectivity index (χ1v) is 10.9. The van der Waals surface area contributed by atoms with Crippen LogP contribution in [0.3, 0.4) is 0 Å². The van der Waals surface area contributed by atoms with Gasteiger partial charge in [-0.05, 0) is 71.7 Å². The van der Waals surface area contributed by atoms with E-state index < -0.39 is 0 Å². The van der Waals surface area contributed by atoms with E-state index in [0.29, 0.717) is 11.6 Å². The molecular formula is C22H20Cl2N2S. The molecule has 0 saturated heterocycles. The second-order valence-electron chi connectivity index (χ2n) is 6.79. The monoisotopic (exact) mass is 414 g/mol. The first-order chi connectivity index (χ1) is 13.1. The van der Waals surface area contributed by atoms with E-state index in [2.05, 4.69) is 46.9 Å². The minimum absolute atomic E-state index is 0.0548. The average molecular weight is 415 g/mol. The van der Waals surface area contributed by atoms with Gasteiger partial charge in [0.05, 0.1) is 0 Å². The molecule has 2 aromatic carbocycles. The number of hydrogen-bond acceptors (Lipinski definition) is 3. The Balaban J connectivity index is 1.66. The summed E-state index contributed by atoms with van der Waals surface area (Å²) in [6.07, 6.45) is 8.18. The van der Waals surface area contributed by atoms with Crippen molar-refractivity contribution in [3.8, 4) is 11.1 Å². The Morgan fingerprint density at radius 1 is 1.07 bits per heavy atom. The van der Waals surface area contributed by atoms with E-state index in [9.17, 15) is 0 Å². The summed E-state index contributed by atoms with van der Waals surface area (Å²) < 4.78 is 0. The van der Waals surface area contributed by atoms with Crippen molar-refractivity contribution < 1.29 is 0 Å². The number of rotatable bonds is 6. The van der Waals surface area contributed by atoms with Gasteiger partial charge in [-0.2, -0.15) is 0 Å². The molecule has 1 fully saturated rings. The standard InChI is InChI=1S/C22H20Cl2N2S/c1-27-21-5-3-2-4-18(21)17-8-11-25-14-19(17)22(9-10-22)26-13-15-12-16(23)6-7-20(15)24/h2-8,11-12,14,26H,9-10,13H2,1H3. The zero-order valence-corrected chi connectivity index (χ0v) is 17.3. The smallest absolute Gasteiger partial charge is 0.0460 e. The molecule has 0 unspecified atom stereocenters. The molecule has 27 heavy (non-hydrogen) atoms. The normalized spacial score (nSPS) is 14.9. The number of halogens is 2. The van der Waals surface area contributed by atoms with E-state index >= 15 is 0 Å². The van der Waals surface area contributed by atoms with Gasteiger partial charge in [-0.25, -0.2) is 0 Å². The van der Waals surface area contributed by atoms with E-state index in [1.54, 1.807) is 11.8 Å². The first-order valence-electron chi connectivity index (χ1n) is 8.90. The zero-order chi connectivity index (χ0) is 18.9. The summed E-state index contributed by atoms with van der Waals surface area (Å²) in [4.78, 5) is 5.70. The van der Waals surface area contributed by atoms with Crippen molar-refractivity contribution in [2.75, 3.05) is 6.26 Å². The minimum Gasteiger partial charge on any atom is -0.303 e. The Morgan fingerprint density at radius 3 is 2.67 bits per heavy atom. The SMILES string of the molecule is CSc1ccccc1-c1ccncc1C1(NCc2cc(Cl)ccc2Cl)CC1. The summed E-state index contributed by atoms with van der Waals surface area (Å²) in [5.74, 6) is 0. The molecule has 3 aromatic rings. The van der Waals surface area contributed by atoms with Gasteiger partial charge in [-0.3, -0.25) is 4.98 Å². The maximum atomic E-state index is 6.34. The molecule has 1 aromatic heterocycles. The summed E-state index contributed by atoms with van der Waals surface area (Å²) in [5.41, 5.74) is 4.73. The van der Waals surface area contributed by atoms with Crippen LogP contribution in [0.5, 0.6) is 0 Å². The molecular weight excluding hydrogens is 395 g/mol. The number of nitrogens with one attached hydrogen (secondary N) is 1. The van der Waals surface area contributed by atoms with Crippen LogP contribution in [0.15, 0.2) is 65.8 Å². The van der Waals surface area contributed by atoms with Crippen LogP contribution in [0.4, 0.5) is 0 Å². The molecule has 5 heteroatoms. The van der Waals surface area contributed by atoms with Gasteiger partial charge in [0, 0.05) is 39.4 Å². The topological polar surface area (TPSA) is 24.9 Å².